The Bertz CT molecular complexity index is 513. The predicted molar refractivity (Wildman–Crippen MR) is 71.8 cm³/mol. The maximum absolute atomic E-state index is 13.6. The van der Waals surface area contributed by atoms with Crippen molar-refractivity contribution in [2.75, 3.05) is 5.73 Å². The van der Waals surface area contributed by atoms with Gasteiger partial charge in [0.2, 0.25) is 0 Å². The summed E-state index contributed by atoms with van der Waals surface area (Å²) in [5, 5.41) is 0.699. The van der Waals surface area contributed by atoms with Crippen LogP contribution in [0.15, 0.2) is 47.4 Å². The topological polar surface area (TPSA) is 26.0 Å². The summed E-state index contributed by atoms with van der Waals surface area (Å²) < 4.78 is 13.6. The van der Waals surface area contributed by atoms with Crippen molar-refractivity contribution in [3.63, 3.8) is 0 Å². The number of halogens is 2. The van der Waals surface area contributed by atoms with Gasteiger partial charge >= 0.3 is 0 Å². The molecule has 0 aliphatic rings. The molecule has 17 heavy (non-hydrogen) atoms. The van der Waals surface area contributed by atoms with Crippen molar-refractivity contribution in [1.82, 2.24) is 0 Å². The first-order chi connectivity index (χ1) is 8.16. The summed E-state index contributed by atoms with van der Waals surface area (Å²) in [6, 6.07) is 12.5. The van der Waals surface area contributed by atoms with E-state index < -0.39 is 0 Å². The lowest BCUT2D eigenvalue weighted by atomic mass is 10.2. The molecule has 0 spiro atoms. The Morgan fingerprint density at radius 2 is 1.82 bits per heavy atom. The van der Waals surface area contributed by atoms with Gasteiger partial charge in [0.25, 0.3) is 0 Å². The maximum atomic E-state index is 13.6. The van der Waals surface area contributed by atoms with E-state index in [2.05, 4.69) is 0 Å². The second-order valence-electron chi connectivity index (χ2n) is 3.56. The maximum Gasteiger partial charge on any atom is 0.150 e. The van der Waals surface area contributed by atoms with Gasteiger partial charge in [0, 0.05) is 21.2 Å². The summed E-state index contributed by atoms with van der Waals surface area (Å²) in [6.45, 7) is 0. The Labute approximate surface area is 109 Å². The first-order valence-corrected chi connectivity index (χ1v) is 6.44. The van der Waals surface area contributed by atoms with E-state index in [9.17, 15) is 4.39 Å². The van der Waals surface area contributed by atoms with E-state index in [-0.39, 0.29) is 11.5 Å². The third kappa shape index (κ3) is 3.14. The third-order valence-corrected chi connectivity index (χ3v) is 3.63. The minimum Gasteiger partial charge on any atom is -0.396 e. The molecule has 0 aliphatic carbocycles. The van der Waals surface area contributed by atoms with E-state index in [4.69, 9.17) is 17.3 Å². The number of anilines is 1. The Morgan fingerprint density at radius 3 is 2.53 bits per heavy atom. The van der Waals surface area contributed by atoms with Crippen LogP contribution in [-0.2, 0) is 5.75 Å². The van der Waals surface area contributed by atoms with Crippen LogP contribution in [0.1, 0.15) is 5.56 Å². The molecule has 0 radical (unpaired) electrons. The fraction of sp³-hybridized carbons (Fsp3) is 0.0769. The van der Waals surface area contributed by atoms with E-state index in [1.165, 1.54) is 0 Å². The average molecular weight is 268 g/mol. The van der Waals surface area contributed by atoms with Crippen LogP contribution in [0.25, 0.3) is 0 Å². The summed E-state index contributed by atoms with van der Waals surface area (Å²) in [5.74, 6) is 0.229. The quantitative estimate of drug-likeness (QED) is 0.661. The molecular weight excluding hydrogens is 257 g/mol. The lowest BCUT2D eigenvalue weighted by Crippen LogP contribution is -1.94. The lowest BCUT2D eigenvalue weighted by Gasteiger charge is -2.05. The Balaban J connectivity index is 2.07. The number of nitrogens with two attached hydrogens (primary N) is 1. The van der Waals surface area contributed by atoms with Gasteiger partial charge in [-0.25, -0.2) is 4.39 Å². The minimum absolute atomic E-state index is 0.194. The van der Waals surface area contributed by atoms with Crippen LogP contribution in [0.5, 0.6) is 0 Å². The van der Waals surface area contributed by atoms with Gasteiger partial charge in [-0.2, -0.15) is 0 Å². The molecule has 88 valence electrons. The van der Waals surface area contributed by atoms with Gasteiger partial charge in [-0.15, -0.1) is 11.8 Å². The highest BCUT2D eigenvalue weighted by Crippen LogP contribution is 2.26. The zero-order valence-corrected chi connectivity index (χ0v) is 10.6. The zero-order valence-electron chi connectivity index (χ0n) is 8.99. The molecule has 0 heterocycles. The summed E-state index contributed by atoms with van der Waals surface area (Å²) in [7, 11) is 0. The molecule has 0 saturated heterocycles. The standard InChI is InChI=1S/C13H11ClFNS/c14-10-4-6-11(7-5-10)17-8-9-2-1-3-12(16)13(9)15/h1-7H,8,16H2. The molecule has 0 saturated carbocycles. The van der Waals surface area contributed by atoms with Crippen molar-refractivity contribution in [1.29, 1.82) is 0 Å². The van der Waals surface area contributed by atoms with Gasteiger partial charge in [-0.05, 0) is 30.3 Å². The number of rotatable bonds is 3. The number of hydrogen-bond acceptors (Lipinski definition) is 2. The van der Waals surface area contributed by atoms with E-state index in [1.807, 2.05) is 24.3 Å². The molecule has 0 fully saturated rings. The van der Waals surface area contributed by atoms with E-state index in [0.717, 1.165) is 4.90 Å². The molecule has 4 heteroatoms. The number of nitrogen functional groups attached to an aromatic ring is 1. The largest absolute Gasteiger partial charge is 0.396 e. The van der Waals surface area contributed by atoms with Gasteiger partial charge in [-0.1, -0.05) is 23.7 Å². The molecule has 0 aromatic heterocycles. The molecule has 0 bridgehead atoms. The SMILES string of the molecule is Nc1cccc(CSc2ccc(Cl)cc2)c1F. The van der Waals surface area contributed by atoms with Crippen molar-refractivity contribution < 1.29 is 4.39 Å². The van der Waals surface area contributed by atoms with Crippen LogP contribution in [0.4, 0.5) is 10.1 Å². The lowest BCUT2D eigenvalue weighted by molar-refractivity contribution is 0.622. The van der Waals surface area contributed by atoms with Crippen LogP contribution < -0.4 is 5.73 Å². The fourth-order valence-electron chi connectivity index (χ4n) is 1.40. The van der Waals surface area contributed by atoms with Crippen LogP contribution in [0, 0.1) is 5.82 Å². The average Bonchev–Trinajstić information content (AvgIpc) is 2.33. The third-order valence-electron chi connectivity index (χ3n) is 2.32. The molecule has 2 N–H and O–H groups in total. The first kappa shape index (κ1) is 12.3. The van der Waals surface area contributed by atoms with Gasteiger partial charge in [-0.3, -0.25) is 0 Å². The Hall–Kier alpha value is -1.19. The van der Waals surface area contributed by atoms with E-state index in [0.29, 0.717) is 16.3 Å². The highest BCUT2D eigenvalue weighted by Gasteiger charge is 2.05. The number of thioether (sulfide) groups is 1. The van der Waals surface area contributed by atoms with Crippen LogP contribution >= 0.6 is 23.4 Å². The monoisotopic (exact) mass is 267 g/mol. The first-order valence-electron chi connectivity index (χ1n) is 5.08. The van der Waals surface area contributed by atoms with E-state index >= 15 is 0 Å². The normalized spacial score (nSPS) is 10.5. The number of benzene rings is 2. The predicted octanol–water partition coefficient (Wildman–Crippen LogP) is 4.35. The van der Waals surface area contributed by atoms with Crippen molar-refractivity contribution in [2.24, 2.45) is 0 Å². The minimum atomic E-state index is -0.325. The van der Waals surface area contributed by atoms with Crippen LogP contribution in [0.3, 0.4) is 0 Å². The zero-order chi connectivity index (χ0) is 12.3. The molecule has 1 nitrogen and oxygen atoms in total. The smallest absolute Gasteiger partial charge is 0.150 e. The number of hydrogen-bond donors (Lipinski definition) is 1. The molecule has 0 atom stereocenters. The molecule has 2 aromatic rings. The molecule has 0 unspecified atom stereocenters. The van der Waals surface area contributed by atoms with Crippen molar-refractivity contribution in [2.45, 2.75) is 10.6 Å². The summed E-state index contributed by atoms with van der Waals surface area (Å²) >= 11 is 7.34. The highest BCUT2D eigenvalue weighted by molar-refractivity contribution is 7.98. The second-order valence-corrected chi connectivity index (χ2v) is 5.05. The summed E-state index contributed by atoms with van der Waals surface area (Å²) in [6.07, 6.45) is 0. The van der Waals surface area contributed by atoms with E-state index in [1.54, 1.807) is 30.0 Å². The van der Waals surface area contributed by atoms with Crippen molar-refractivity contribution >= 4 is 29.1 Å². The van der Waals surface area contributed by atoms with Gasteiger partial charge in [0.1, 0.15) is 5.82 Å². The highest BCUT2D eigenvalue weighted by atomic mass is 35.5. The molecule has 0 aliphatic heterocycles. The summed E-state index contributed by atoms with van der Waals surface area (Å²) in [5.41, 5.74) is 6.32. The molecule has 2 rings (SSSR count). The second kappa shape index (κ2) is 5.43. The van der Waals surface area contributed by atoms with Gasteiger partial charge < -0.3 is 5.73 Å². The van der Waals surface area contributed by atoms with Crippen LogP contribution in [0.2, 0.25) is 5.02 Å². The van der Waals surface area contributed by atoms with Gasteiger partial charge in [0.05, 0.1) is 5.69 Å². The van der Waals surface area contributed by atoms with Gasteiger partial charge in [0.15, 0.2) is 0 Å². The van der Waals surface area contributed by atoms with Crippen molar-refractivity contribution in [3.8, 4) is 0 Å². The summed E-state index contributed by atoms with van der Waals surface area (Å²) in [4.78, 5) is 1.05. The van der Waals surface area contributed by atoms with Crippen molar-refractivity contribution in [3.05, 3.63) is 58.9 Å². The fourth-order valence-corrected chi connectivity index (χ4v) is 2.40. The molecule has 0 amide bonds. The van der Waals surface area contributed by atoms with Crippen LogP contribution in [-0.4, -0.2) is 0 Å². The molecular formula is C13H11ClFNS. The molecule has 2 aromatic carbocycles. The Kier molecular flexibility index (Phi) is 3.92. The Morgan fingerprint density at radius 1 is 1.12 bits per heavy atom.